The van der Waals surface area contributed by atoms with Crippen LogP contribution in [0.3, 0.4) is 0 Å². The number of aliphatic hydroxyl groups is 1. The quantitative estimate of drug-likeness (QED) is 0.916. The van der Waals surface area contributed by atoms with Crippen molar-refractivity contribution in [3.8, 4) is 0 Å². The van der Waals surface area contributed by atoms with Gasteiger partial charge in [-0.25, -0.2) is 4.68 Å². The molecule has 1 aromatic carbocycles. The first-order valence-electron chi connectivity index (χ1n) is 7.26. The lowest BCUT2D eigenvalue weighted by molar-refractivity contribution is -0.131. The van der Waals surface area contributed by atoms with E-state index in [0.29, 0.717) is 26.1 Å². The molecule has 0 saturated carbocycles. The molecule has 1 aromatic heterocycles. The molecule has 6 heteroatoms. The number of aromatic nitrogens is 3. The molecule has 2 heterocycles. The lowest BCUT2D eigenvalue weighted by Crippen LogP contribution is -2.35. The van der Waals surface area contributed by atoms with Crippen molar-refractivity contribution >= 4 is 16.9 Å². The Labute approximate surface area is 123 Å². The number of hydrogen-bond acceptors (Lipinski definition) is 4. The lowest BCUT2D eigenvalue weighted by Gasteiger charge is -2.20. The molecule has 3 rings (SSSR count). The van der Waals surface area contributed by atoms with Crippen molar-refractivity contribution in [3.05, 3.63) is 24.3 Å². The van der Waals surface area contributed by atoms with Gasteiger partial charge in [0.25, 0.3) is 0 Å². The molecule has 1 fully saturated rings. The molecule has 1 aliphatic heterocycles. The first-order chi connectivity index (χ1) is 9.97. The Morgan fingerprint density at radius 3 is 2.95 bits per heavy atom. The van der Waals surface area contributed by atoms with Crippen LogP contribution < -0.4 is 0 Å². The monoisotopic (exact) mass is 288 g/mol. The fraction of sp³-hybridized carbons (Fsp3) is 0.533. The molecule has 6 nitrogen and oxygen atoms in total. The summed E-state index contributed by atoms with van der Waals surface area (Å²) in [6.07, 6.45) is 0.371. The summed E-state index contributed by atoms with van der Waals surface area (Å²) in [5, 5.41) is 18.3. The van der Waals surface area contributed by atoms with Gasteiger partial charge in [-0.2, -0.15) is 0 Å². The normalized spacial score (nSPS) is 25.7. The van der Waals surface area contributed by atoms with E-state index in [1.807, 2.05) is 31.2 Å². The number of benzene rings is 1. The summed E-state index contributed by atoms with van der Waals surface area (Å²) in [4.78, 5) is 14.0. The molecule has 1 amide bonds. The van der Waals surface area contributed by atoms with Crippen LogP contribution in [-0.4, -0.2) is 49.6 Å². The Bertz CT molecular complexity index is 664. The number of para-hydroxylation sites is 1. The zero-order valence-electron chi connectivity index (χ0n) is 12.4. The second-order valence-electron chi connectivity index (χ2n) is 6.08. The highest BCUT2D eigenvalue weighted by Gasteiger charge is 2.40. The van der Waals surface area contributed by atoms with Crippen molar-refractivity contribution in [3.63, 3.8) is 0 Å². The molecule has 1 N–H and O–H groups in total. The Morgan fingerprint density at radius 1 is 1.48 bits per heavy atom. The Hall–Kier alpha value is -1.95. The fourth-order valence-corrected chi connectivity index (χ4v) is 2.77. The van der Waals surface area contributed by atoms with Gasteiger partial charge >= 0.3 is 0 Å². The van der Waals surface area contributed by atoms with Crippen LogP contribution in [0.4, 0.5) is 0 Å². The summed E-state index contributed by atoms with van der Waals surface area (Å²) in [5.74, 6) is 0.160. The molecule has 0 aliphatic carbocycles. The van der Waals surface area contributed by atoms with Crippen molar-refractivity contribution in [2.24, 2.45) is 5.92 Å². The average molecular weight is 288 g/mol. The van der Waals surface area contributed by atoms with Gasteiger partial charge in [0, 0.05) is 25.4 Å². The van der Waals surface area contributed by atoms with Crippen LogP contribution in [-0.2, 0) is 11.3 Å². The standard InChI is InChI=1S/C15H20N4O2/c1-11-9-18(10-15(11,2)21)14(20)7-8-19-13-6-4-3-5-12(13)16-17-19/h3-6,11,21H,7-10H2,1-2H3. The minimum atomic E-state index is -0.782. The molecule has 112 valence electrons. The van der Waals surface area contributed by atoms with Gasteiger partial charge in [-0.15, -0.1) is 5.10 Å². The molecule has 1 aliphatic rings. The van der Waals surface area contributed by atoms with Crippen molar-refractivity contribution in [2.75, 3.05) is 13.1 Å². The summed E-state index contributed by atoms with van der Waals surface area (Å²) in [7, 11) is 0. The van der Waals surface area contributed by atoms with Gasteiger partial charge in [-0.05, 0) is 19.1 Å². The molecule has 0 radical (unpaired) electrons. The third-order valence-corrected chi connectivity index (χ3v) is 4.38. The maximum atomic E-state index is 12.3. The number of nitrogens with zero attached hydrogens (tertiary/aromatic N) is 4. The summed E-state index contributed by atoms with van der Waals surface area (Å²) in [5.41, 5.74) is 0.991. The minimum absolute atomic E-state index is 0.0548. The van der Waals surface area contributed by atoms with Gasteiger partial charge < -0.3 is 10.0 Å². The minimum Gasteiger partial charge on any atom is -0.388 e. The Morgan fingerprint density at radius 2 is 2.24 bits per heavy atom. The Balaban J connectivity index is 1.64. The predicted octanol–water partition coefficient (Wildman–Crippen LogP) is 1.05. The summed E-state index contributed by atoms with van der Waals surface area (Å²) >= 11 is 0. The van der Waals surface area contributed by atoms with Gasteiger partial charge in [0.15, 0.2) is 0 Å². The first-order valence-corrected chi connectivity index (χ1v) is 7.26. The fourth-order valence-electron chi connectivity index (χ4n) is 2.77. The number of carbonyl (C=O) groups excluding carboxylic acids is 1. The van der Waals surface area contributed by atoms with E-state index in [1.54, 1.807) is 16.5 Å². The molecule has 21 heavy (non-hydrogen) atoms. The van der Waals surface area contributed by atoms with Crippen molar-refractivity contribution in [1.29, 1.82) is 0 Å². The molecule has 2 atom stereocenters. The third kappa shape index (κ3) is 2.63. The van der Waals surface area contributed by atoms with Gasteiger partial charge in [0.1, 0.15) is 5.52 Å². The smallest absolute Gasteiger partial charge is 0.224 e. The highest BCUT2D eigenvalue weighted by molar-refractivity contribution is 5.77. The zero-order chi connectivity index (χ0) is 15.0. The number of amides is 1. The number of aryl methyl sites for hydroxylation is 1. The van der Waals surface area contributed by atoms with Crippen LogP contribution in [0, 0.1) is 5.92 Å². The topological polar surface area (TPSA) is 71.2 Å². The second-order valence-corrected chi connectivity index (χ2v) is 6.08. The molecule has 0 spiro atoms. The van der Waals surface area contributed by atoms with Crippen LogP contribution in [0.15, 0.2) is 24.3 Å². The van der Waals surface area contributed by atoms with E-state index in [-0.39, 0.29) is 11.8 Å². The molecular weight excluding hydrogens is 268 g/mol. The maximum absolute atomic E-state index is 12.3. The van der Waals surface area contributed by atoms with E-state index in [1.165, 1.54) is 0 Å². The zero-order valence-corrected chi connectivity index (χ0v) is 12.4. The number of likely N-dealkylation sites (tertiary alicyclic amines) is 1. The van der Waals surface area contributed by atoms with Gasteiger partial charge in [0.2, 0.25) is 5.91 Å². The molecule has 0 bridgehead atoms. The van der Waals surface area contributed by atoms with Crippen LogP contribution in [0.2, 0.25) is 0 Å². The summed E-state index contributed by atoms with van der Waals surface area (Å²) < 4.78 is 1.75. The van der Waals surface area contributed by atoms with E-state index < -0.39 is 5.60 Å². The molecular formula is C15H20N4O2. The van der Waals surface area contributed by atoms with Crippen LogP contribution >= 0.6 is 0 Å². The highest BCUT2D eigenvalue weighted by atomic mass is 16.3. The van der Waals surface area contributed by atoms with E-state index in [4.69, 9.17) is 0 Å². The largest absolute Gasteiger partial charge is 0.388 e. The maximum Gasteiger partial charge on any atom is 0.224 e. The highest BCUT2D eigenvalue weighted by Crippen LogP contribution is 2.27. The van der Waals surface area contributed by atoms with Crippen molar-refractivity contribution in [2.45, 2.75) is 32.4 Å². The molecule has 1 saturated heterocycles. The summed E-state index contributed by atoms with van der Waals surface area (Å²) in [6, 6.07) is 7.70. The number of rotatable bonds is 3. The number of fused-ring (bicyclic) bond motifs is 1. The Kier molecular flexibility index (Phi) is 3.41. The predicted molar refractivity (Wildman–Crippen MR) is 78.5 cm³/mol. The van der Waals surface area contributed by atoms with Gasteiger partial charge in [0.05, 0.1) is 17.7 Å². The van der Waals surface area contributed by atoms with Crippen LogP contribution in [0.25, 0.3) is 11.0 Å². The number of carbonyl (C=O) groups is 1. The van der Waals surface area contributed by atoms with Crippen LogP contribution in [0.5, 0.6) is 0 Å². The van der Waals surface area contributed by atoms with Gasteiger partial charge in [-0.3, -0.25) is 4.79 Å². The van der Waals surface area contributed by atoms with Crippen molar-refractivity contribution < 1.29 is 9.90 Å². The van der Waals surface area contributed by atoms with E-state index >= 15 is 0 Å². The number of hydrogen-bond donors (Lipinski definition) is 1. The summed E-state index contributed by atoms with van der Waals surface area (Å²) in [6.45, 7) is 5.29. The van der Waals surface area contributed by atoms with Crippen molar-refractivity contribution in [1.82, 2.24) is 19.9 Å². The van der Waals surface area contributed by atoms with Crippen LogP contribution in [0.1, 0.15) is 20.3 Å². The molecule has 2 unspecified atom stereocenters. The first kappa shape index (κ1) is 14.0. The second kappa shape index (κ2) is 5.11. The van der Waals surface area contributed by atoms with Gasteiger partial charge in [-0.1, -0.05) is 24.3 Å². The van der Waals surface area contributed by atoms with E-state index in [9.17, 15) is 9.90 Å². The lowest BCUT2D eigenvalue weighted by atomic mass is 9.95. The molecule has 2 aromatic rings. The number of β-amino-alcohol motifs (C(OH)–C–C–N with tert-alkyl or cyclic N) is 1. The SMILES string of the molecule is CC1CN(C(=O)CCn2nnc3ccccc32)CC1(C)O. The third-order valence-electron chi connectivity index (χ3n) is 4.38. The van der Waals surface area contributed by atoms with E-state index in [2.05, 4.69) is 10.3 Å². The average Bonchev–Trinajstić information content (AvgIpc) is 2.98. The van der Waals surface area contributed by atoms with E-state index in [0.717, 1.165) is 11.0 Å².